The number of hydrogen-bond donors (Lipinski definition) is 1. The average molecular weight is 122 g/mol. The first-order valence-corrected chi connectivity index (χ1v) is 2.49. The minimum atomic E-state index is -0.939. The zero-order chi connectivity index (χ0) is 6.69. The van der Waals surface area contributed by atoms with E-state index in [1.165, 1.54) is 4.48 Å². The van der Waals surface area contributed by atoms with Crippen LogP contribution in [0.25, 0.3) is 0 Å². The highest BCUT2D eigenvalue weighted by Gasteiger charge is 2.00. The van der Waals surface area contributed by atoms with E-state index in [1.54, 1.807) is 24.5 Å². The van der Waals surface area contributed by atoms with Crippen molar-refractivity contribution in [3.05, 3.63) is 24.5 Å². The van der Waals surface area contributed by atoms with Gasteiger partial charge in [0.15, 0.2) is 0 Å². The van der Waals surface area contributed by atoms with Crippen LogP contribution in [0.5, 0.6) is 0 Å². The van der Waals surface area contributed by atoms with E-state index in [9.17, 15) is 4.79 Å². The van der Waals surface area contributed by atoms with Crippen LogP contribution in [0, 0.1) is 0 Å². The van der Waals surface area contributed by atoms with Crippen molar-refractivity contribution in [3.63, 3.8) is 0 Å². The molecule has 0 atom stereocenters. The number of nitrogens with zero attached hydrogens (tertiary/aromatic N) is 1. The third kappa shape index (κ3) is 1.64. The van der Waals surface area contributed by atoms with E-state index in [0.717, 1.165) is 7.41 Å². The zero-order valence-corrected chi connectivity index (χ0v) is 4.69. The van der Waals surface area contributed by atoms with Crippen LogP contribution in [-0.4, -0.2) is 22.9 Å². The third-order valence-corrected chi connectivity index (χ3v) is 0.887. The van der Waals surface area contributed by atoms with E-state index in [4.69, 9.17) is 5.11 Å². The van der Waals surface area contributed by atoms with Crippen LogP contribution in [0.1, 0.15) is 0 Å². The van der Waals surface area contributed by atoms with Crippen molar-refractivity contribution >= 4 is 13.3 Å². The van der Waals surface area contributed by atoms with Crippen LogP contribution in [-0.2, 0) is 0 Å². The molecule has 0 bridgehead atoms. The summed E-state index contributed by atoms with van der Waals surface area (Å²) in [5.41, 5.74) is 0. The standard InChI is InChI=1S/C5H5BNO2/c8-5(9)6-7-3-1-2-4-7/h1-4H,(H,8,9). The number of carbonyl (C=O) groups is 1. The topological polar surface area (TPSA) is 42.2 Å². The van der Waals surface area contributed by atoms with Crippen molar-refractivity contribution in [2.24, 2.45) is 0 Å². The lowest BCUT2D eigenvalue weighted by atomic mass is 9.96. The molecule has 1 radical (unpaired) electrons. The predicted octanol–water partition coefficient (Wildman–Crippen LogP) is 0.633. The highest BCUT2D eigenvalue weighted by atomic mass is 16.4. The lowest BCUT2D eigenvalue weighted by Crippen LogP contribution is -2.13. The van der Waals surface area contributed by atoms with Gasteiger partial charge in [0.2, 0.25) is 0 Å². The van der Waals surface area contributed by atoms with E-state index in [2.05, 4.69) is 0 Å². The summed E-state index contributed by atoms with van der Waals surface area (Å²) >= 11 is 0. The van der Waals surface area contributed by atoms with Gasteiger partial charge in [-0.2, -0.15) is 0 Å². The lowest BCUT2D eigenvalue weighted by Gasteiger charge is -1.90. The van der Waals surface area contributed by atoms with Crippen LogP contribution in [0.3, 0.4) is 0 Å². The molecule has 4 heteroatoms. The fourth-order valence-corrected chi connectivity index (χ4v) is 0.561. The first kappa shape index (κ1) is 5.94. The Labute approximate surface area is 53.2 Å². The molecule has 1 aromatic heterocycles. The highest BCUT2D eigenvalue weighted by Crippen LogP contribution is 1.84. The second-order valence-electron chi connectivity index (χ2n) is 1.60. The fraction of sp³-hybridized carbons (Fsp3) is 0. The molecule has 9 heavy (non-hydrogen) atoms. The lowest BCUT2D eigenvalue weighted by molar-refractivity contribution is 0.219. The summed E-state index contributed by atoms with van der Waals surface area (Å²) in [4.78, 5) is 9.99. The van der Waals surface area contributed by atoms with Crippen molar-refractivity contribution in [3.8, 4) is 0 Å². The summed E-state index contributed by atoms with van der Waals surface area (Å²) in [6.07, 6.45) is 3.32. The van der Waals surface area contributed by atoms with Crippen molar-refractivity contribution < 1.29 is 9.90 Å². The van der Waals surface area contributed by atoms with Gasteiger partial charge in [0.25, 0.3) is 5.87 Å². The summed E-state index contributed by atoms with van der Waals surface area (Å²) in [5, 5.41) is 8.21. The molecule has 0 spiro atoms. The van der Waals surface area contributed by atoms with Gasteiger partial charge in [0, 0.05) is 0 Å². The van der Waals surface area contributed by atoms with Gasteiger partial charge in [-0.15, -0.1) is 0 Å². The summed E-state index contributed by atoms with van der Waals surface area (Å²) in [6, 6.07) is 3.53. The zero-order valence-electron chi connectivity index (χ0n) is 4.69. The van der Waals surface area contributed by atoms with Crippen LogP contribution in [0.2, 0.25) is 0 Å². The second kappa shape index (κ2) is 2.39. The Morgan fingerprint density at radius 1 is 1.44 bits per heavy atom. The number of hydrogen-bond acceptors (Lipinski definition) is 1. The molecule has 1 heterocycles. The molecule has 0 aliphatic carbocycles. The van der Waals surface area contributed by atoms with E-state index in [0.29, 0.717) is 0 Å². The minimum absolute atomic E-state index is 0.939. The summed E-state index contributed by atoms with van der Waals surface area (Å²) < 4.78 is 1.47. The molecule has 0 aliphatic heterocycles. The van der Waals surface area contributed by atoms with Crippen molar-refractivity contribution in [1.29, 1.82) is 0 Å². The minimum Gasteiger partial charge on any atom is -0.488 e. The molecule has 1 N–H and O–H groups in total. The quantitative estimate of drug-likeness (QED) is 0.584. The SMILES string of the molecule is O=C(O)[B]n1cccc1. The Hall–Kier alpha value is -1.19. The molecule has 3 nitrogen and oxygen atoms in total. The van der Waals surface area contributed by atoms with Gasteiger partial charge in [-0.25, -0.2) is 0 Å². The summed E-state index contributed by atoms with van der Waals surface area (Å²) in [7, 11) is 1.08. The molecule has 45 valence electrons. The van der Waals surface area contributed by atoms with Gasteiger partial charge in [-0.1, -0.05) is 0 Å². The largest absolute Gasteiger partial charge is 0.488 e. The molecule has 0 saturated carbocycles. The van der Waals surface area contributed by atoms with Crippen molar-refractivity contribution in [2.75, 3.05) is 0 Å². The Kier molecular flexibility index (Phi) is 1.58. The summed E-state index contributed by atoms with van der Waals surface area (Å²) in [6.45, 7) is 0. The van der Waals surface area contributed by atoms with E-state index >= 15 is 0 Å². The maximum atomic E-state index is 9.99. The average Bonchev–Trinajstić information content (AvgIpc) is 2.15. The highest BCUT2D eigenvalue weighted by molar-refractivity contribution is 6.70. The molecule has 0 aliphatic rings. The van der Waals surface area contributed by atoms with E-state index in [1.807, 2.05) is 0 Å². The van der Waals surface area contributed by atoms with Crippen molar-refractivity contribution in [2.45, 2.75) is 0 Å². The van der Waals surface area contributed by atoms with Gasteiger partial charge < -0.3 is 9.58 Å². The Bertz CT molecular complexity index is 195. The molecule has 1 rings (SSSR count). The molecule has 0 saturated heterocycles. The van der Waals surface area contributed by atoms with Crippen LogP contribution >= 0.6 is 0 Å². The van der Waals surface area contributed by atoms with Crippen LogP contribution in [0.4, 0.5) is 4.79 Å². The van der Waals surface area contributed by atoms with Gasteiger partial charge in [-0.3, -0.25) is 4.79 Å². The first-order valence-electron chi connectivity index (χ1n) is 2.49. The Balaban J connectivity index is 2.58. The van der Waals surface area contributed by atoms with Gasteiger partial charge in [-0.05, 0) is 24.5 Å². The maximum absolute atomic E-state index is 9.99. The van der Waals surface area contributed by atoms with Gasteiger partial charge in [0.1, 0.15) is 0 Å². The second-order valence-corrected chi connectivity index (χ2v) is 1.60. The third-order valence-electron chi connectivity index (χ3n) is 0.887. The number of aromatic nitrogens is 1. The maximum Gasteiger partial charge on any atom is 0.396 e. The first-order chi connectivity index (χ1) is 4.29. The molecule has 0 amide bonds. The fourth-order valence-electron chi connectivity index (χ4n) is 0.561. The van der Waals surface area contributed by atoms with Gasteiger partial charge >= 0.3 is 7.41 Å². The molecular weight excluding hydrogens is 117 g/mol. The Morgan fingerprint density at radius 3 is 2.44 bits per heavy atom. The monoisotopic (exact) mass is 122 g/mol. The van der Waals surface area contributed by atoms with Crippen molar-refractivity contribution in [1.82, 2.24) is 4.48 Å². The van der Waals surface area contributed by atoms with E-state index in [-0.39, 0.29) is 0 Å². The normalized spacial score (nSPS) is 8.89. The number of rotatable bonds is 2. The molecule has 0 fully saturated rings. The Morgan fingerprint density at radius 2 is 2.00 bits per heavy atom. The predicted molar refractivity (Wildman–Crippen MR) is 33.6 cm³/mol. The number of carboxylic acid groups (broad SMARTS) is 1. The molecule has 0 aromatic carbocycles. The van der Waals surface area contributed by atoms with Crippen LogP contribution in [0.15, 0.2) is 24.5 Å². The molecule has 0 unspecified atom stereocenters. The van der Waals surface area contributed by atoms with Crippen LogP contribution < -0.4 is 0 Å². The summed E-state index contributed by atoms with van der Waals surface area (Å²) in [5.74, 6) is -0.939. The smallest absolute Gasteiger partial charge is 0.396 e. The molecular formula is C5H5BNO2. The van der Waals surface area contributed by atoms with Gasteiger partial charge in [0.05, 0.1) is 0 Å². The molecule has 1 aromatic rings. The van der Waals surface area contributed by atoms with E-state index < -0.39 is 5.87 Å².